The first-order valence-corrected chi connectivity index (χ1v) is 9.20. The quantitative estimate of drug-likeness (QED) is 0.443. The lowest BCUT2D eigenvalue weighted by atomic mass is 10.1. The summed E-state index contributed by atoms with van der Waals surface area (Å²) in [4.78, 5) is 27.6. The number of aliphatic imine (C=N–C) groups is 1. The van der Waals surface area contributed by atoms with E-state index in [9.17, 15) is 20.0 Å². The molecule has 0 radical (unpaired) electrons. The molecule has 0 saturated heterocycles. The maximum Gasteiger partial charge on any atom is 0.344 e. The van der Waals surface area contributed by atoms with Gasteiger partial charge in [-0.1, -0.05) is 48.2 Å². The summed E-state index contributed by atoms with van der Waals surface area (Å²) in [5.41, 5.74) is 0.972. The first kappa shape index (κ1) is 19.4. The van der Waals surface area contributed by atoms with E-state index in [-0.39, 0.29) is 28.7 Å². The third kappa shape index (κ3) is 4.29. The molecule has 0 amide bonds. The van der Waals surface area contributed by atoms with Crippen molar-refractivity contribution in [2.24, 2.45) is 4.99 Å². The van der Waals surface area contributed by atoms with E-state index in [0.29, 0.717) is 10.6 Å². The molecule has 0 fully saturated rings. The molecule has 1 N–H and O–H groups in total. The molecule has 8 heteroatoms. The number of benzene rings is 2. The summed E-state index contributed by atoms with van der Waals surface area (Å²) in [6.45, 7) is 1.80. The Morgan fingerprint density at radius 1 is 1.25 bits per heavy atom. The van der Waals surface area contributed by atoms with Gasteiger partial charge in [-0.3, -0.25) is 10.1 Å². The highest BCUT2D eigenvalue weighted by atomic mass is 32.2. The molecule has 28 heavy (non-hydrogen) atoms. The molecule has 0 aliphatic carbocycles. The average Bonchev–Trinajstić information content (AvgIpc) is 2.98. The van der Waals surface area contributed by atoms with E-state index in [1.165, 1.54) is 18.2 Å². The SMILES string of the molecule is CCOC(=O)C1=C(O)C(=Cc2ccccc2)SC1=Nc1cccc([N+](=O)[O-])c1. The van der Waals surface area contributed by atoms with Crippen LogP contribution in [0.5, 0.6) is 0 Å². The van der Waals surface area contributed by atoms with Crippen molar-refractivity contribution in [3.8, 4) is 0 Å². The minimum Gasteiger partial charge on any atom is -0.506 e. The number of carbonyl (C=O) groups is 1. The Hall–Kier alpha value is -3.39. The second-order valence-electron chi connectivity index (χ2n) is 5.66. The maximum absolute atomic E-state index is 12.4. The van der Waals surface area contributed by atoms with Crippen LogP contribution >= 0.6 is 11.8 Å². The third-order valence-electron chi connectivity index (χ3n) is 3.74. The summed E-state index contributed by atoms with van der Waals surface area (Å²) >= 11 is 1.10. The van der Waals surface area contributed by atoms with Gasteiger partial charge in [0.1, 0.15) is 16.4 Å². The van der Waals surface area contributed by atoms with Crippen molar-refractivity contribution in [3.05, 3.63) is 86.5 Å². The lowest BCUT2D eigenvalue weighted by Gasteiger charge is -2.03. The fourth-order valence-corrected chi connectivity index (χ4v) is 3.52. The summed E-state index contributed by atoms with van der Waals surface area (Å²) in [6.07, 6.45) is 1.73. The number of hydrogen-bond donors (Lipinski definition) is 1. The zero-order chi connectivity index (χ0) is 20.1. The molecule has 2 aromatic carbocycles. The summed E-state index contributed by atoms with van der Waals surface area (Å²) in [5.74, 6) is -0.926. The molecule has 3 rings (SSSR count). The molecule has 7 nitrogen and oxygen atoms in total. The summed E-state index contributed by atoms with van der Waals surface area (Å²) in [5, 5.41) is 21.8. The molecule has 0 saturated carbocycles. The Morgan fingerprint density at radius 3 is 2.68 bits per heavy atom. The fourth-order valence-electron chi connectivity index (χ4n) is 2.49. The average molecular weight is 396 g/mol. The number of hydrogen-bond acceptors (Lipinski definition) is 7. The van der Waals surface area contributed by atoms with Gasteiger partial charge in [-0.05, 0) is 24.6 Å². The van der Waals surface area contributed by atoms with Crippen LogP contribution < -0.4 is 0 Å². The van der Waals surface area contributed by atoms with Gasteiger partial charge in [-0.2, -0.15) is 0 Å². The Kier molecular flexibility index (Phi) is 5.90. The number of non-ortho nitro benzene ring substituents is 1. The second kappa shape index (κ2) is 8.53. The highest BCUT2D eigenvalue weighted by Crippen LogP contribution is 2.40. The predicted molar refractivity (Wildman–Crippen MR) is 108 cm³/mol. The largest absolute Gasteiger partial charge is 0.506 e. The summed E-state index contributed by atoms with van der Waals surface area (Å²) in [6, 6.07) is 15.1. The number of thioether (sulfide) groups is 1. The predicted octanol–water partition coefficient (Wildman–Crippen LogP) is 4.79. The number of aliphatic hydroxyl groups is 1. The number of aliphatic hydroxyl groups excluding tert-OH is 1. The van der Waals surface area contributed by atoms with Crippen molar-refractivity contribution in [3.63, 3.8) is 0 Å². The standard InChI is InChI=1S/C20H16N2O5S/c1-2-27-20(24)17-18(23)16(11-13-7-4-3-5-8-13)28-19(17)21-14-9-6-10-15(12-14)22(25)26/h3-12,23H,2H2,1H3. The van der Waals surface area contributed by atoms with Crippen molar-refractivity contribution in [1.29, 1.82) is 0 Å². The molecule has 0 aromatic heterocycles. The van der Waals surface area contributed by atoms with E-state index < -0.39 is 10.9 Å². The minimum atomic E-state index is -0.701. The lowest BCUT2D eigenvalue weighted by Crippen LogP contribution is -2.12. The van der Waals surface area contributed by atoms with E-state index in [1.807, 2.05) is 30.3 Å². The molecule has 0 spiro atoms. The van der Waals surface area contributed by atoms with E-state index in [4.69, 9.17) is 4.74 Å². The monoisotopic (exact) mass is 396 g/mol. The van der Waals surface area contributed by atoms with Crippen molar-refractivity contribution in [2.75, 3.05) is 6.61 Å². The van der Waals surface area contributed by atoms with Crippen LogP contribution in [0.4, 0.5) is 11.4 Å². The van der Waals surface area contributed by atoms with Crippen molar-refractivity contribution in [2.45, 2.75) is 6.92 Å². The number of nitro benzene ring substituents is 1. The van der Waals surface area contributed by atoms with Crippen LogP contribution in [0.3, 0.4) is 0 Å². The number of nitrogens with zero attached hydrogens (tertiary/aromatic N) is 2. The van der Waals surface area contributed by atoms with Crippen LogP contribution in [0.25, 0.3) is 6.08 Å². The van der Waals surface area contributed by atoms with E-state index in [1.54, 1.807) is 19.1 Å². The highest BCUT2D eigenvalue weighted by molar-refractivity contribution is 8.18. The van der Waals surface area contributed by atoms with Gasteiger partial charge >= 0.3 is 5.97 Å². The van der Waals surface area contributed by atoms with E-state index in [2.05, 4.69) is 4.99 Å². The van der Waals surface area contributed by atoms with Crippen LogP contribution in [0.2, 0.25) is 0 Å². The molecule has 0 bridgehead atoms. The first-order valence-electron chi connectivity index (χ1n) is 8.38. The Morgan fingerprint density at radius 2 is 2.00 bits per heavy atom. The molecule has 142 valence electrons. The van der Waals surface area contributed by atoms with Gasteiger partial charge < -0.3 is 9.84 Å². The molecular formula is C20H16N2O5S. The van der Waals surface area contributed by atoms with Gasteiger partial charge in [0, 0.05) is 12.1 Å². The van der Waals surface area contributed by atoms with E-state index in [0.717, 1.165) is 17.3 Å². The molecular weight excluding hydrogens is 380 g/mol. The minimum absolute atomic E-state index is 0.0551. The van der Waals surface area contributed by atoms with Gasteiger partial charge in [0.25, 0.3) is 5.69 Å². The van der Waals surface area contributed by atoms with Crippen molar-refractivity contribution in [1.82, 2.24) is 0 Å². The molecule has 1 aliphatic rings. The van der Waals surface area contributed by atoms with Gasteiger partial charge in [0.2, 0.25) is 0 Å². The van der Waals surface area contributed by atoms with Crippen LogP contribution in [0.15, 0.2) is 75.8 Å². The number of nitro groups is 1. The molecule has 0 atom stereocenters. The summed E-state index contributed by atoms with van der Waals surface area (Å²) < 4.78 is 5.04. The number of esters is 1. The fraction of sp³-hybridized carbons (Fsp3) is 0.100. The molecule has 1 heterocycles. The van der Waals surface area contributed by atoms with Gasteiger partial charge in [0.05, 0.1) is 22.1 Å². The lowest BCUT2D eigenvalue weighted by molar-refractivity contribution is -0.384. The Labute approximate surface area is 165 Å². The highest BCUT2D eigenvalue weighted by Gasteiger charge is 2.33. The smallest absolute Gasteiger partial charge is 0.344 e. The van der Waals surface area contributed by atoms with Gasteiger partial charge in [-0.25, -0.2) is 9.79 Å². The zero-order valence-corrected chi connectivity index (χ0v) is 15.7. The molecule has 1 aliphatic heterocycles. The number of rotatable bonds is 5. The van der Waals surface area contributed by atoms with Crippen LogP contribution in [0.1, 0.15) is 12.5 Å². The molecule has 2 aromatic rings. The van der Waals surface area contributed by atoms with Gasteiger partial charge in [-0.15, -0.1) is 0 Å². The zero-order valence-electron chi connectivity index (χ0n) is 14.9. The van der Waals surface area contributed by atoms with Crippen LogP contribution in [-0.2, 0) is 9.53 Å². The summed E-state index contributed by atoms with van der Waals surface area (Å²) in [7, 11) is 0. The molecule has 0 unspecified atom stereocenters. The van der Waals surface area contributed by atoms with Gasteiger partial charge in [0.15, 0.2) is 0 Å². The Balaban J connectivity index is 2.05. The second-order valence-corrected chi connectivity index (χ2v) is 6.69. The topological polar surface area (TPSA) is 102 Å². The number of ether oxygens (including phenoxy) is 1. The van der Waals surface area contributed by atoms with E-state index >= 15 is 0 Å². The normalized spacial score (nSPS) is 16.6. The number of carbonyl (C=O) groups excluding carboxylic acids is 1. The van der Waals surface area contributed by atoms with Crippen LogP contribution in [0, 0.1) is 10.1 Å². The van der Waals surface area contributed by atoms with Crippen molar-refractivity contribution < 1.29 is 19.6 Å². The Bertz CT molecular complexity index is 1010. The first-order chi connectivity index (χ1) is 13.5. The van der Waals surface area contributed by atoms with Crippen molar-refractivity contribution >= 4 is 40.2 Å². The third-order valence-corrected chi connectivity index (χ3v) is 4.76. The maximum atomic E-state index is 12.4. The van der Waals surface area contributed by atoms with Crippen LogP contribution in [-0.4, -0.2) is 27.6 Å².